The molecule has 0 spiro atoms. The third kappa shape index (κ3) is 44.2. The predicted molar refractivity (Wildman–Crippen MR) is 248 cm³/mol. The van der Waals surface area contributed by atoms with E-state index in [1.165, 1.54) is 167 Å². The highest BCUT2D eigenvalue weighted by molar-refractivity contribution is 5.72. The molecule has 0 bridgehead atoms. The summed E-state index contributed by atoms with van der Waals surface area (Å²) in [4.78, 5) is 26.2. The molecule has 6 heteroatoms. The van der Waals surface area contributed by atoms with E-state index in [4.69, 9.17) is 14.2 Å². The Balaban J connectivity index is 0. The van der Waals surface area contributed by atoms with E-state index >= 15 is 0 Å². The number of unbranched alkanes of at least 4 members (excludes halogenated alkanes) is 23. The molecule has 0 heterocycles. The summed E-state index contributed by atoms with van der Waals surface area (Å²) in [6.07, 6.45) is 42.3. The number of carbonyl (C=O) groups is 2. The zero-order chi connectivity index (χ0) is 42.1. The van der Waals surface area contributed by atoms with Crippen LogP contribution in [0.15, 0.2) is 0 Å². The van der Waals surface area contributed by atoms with Gasteiger partial charge in [0, 0.05) is 13.2 Å². The molecule has 342 valence electrons. The summed E-state index contributed by atoms with van der Waals surface area (Å²) in [7, 11) is 0. The SMILES string of the molecule is CC.CCCCCCCCC(CCCCCC)COCCCCCCN(CCCCCCOC(=O)C(CCCCCC)CCCCCCCC)CCCCOC=O. The molecular formula is C51H103NO5. The minimum absolute atomic E-state index is 0.0619. The largest absolute Gasteiger partial charge is 0.468 e. The van der Waals surface area contributed by atoms with Crippen molar-refractivity contribution >= 4 is 12.4 Å². The number of hydrogen-bond donors (Lipinski definition) is 0. The summed E-state index contributed by atoms with van der Waals surface area (Å²) in [5.74, 6) is 0.908. The fraction of sp³-hybridized carbons (Fsp3) is 0.961. The van der Waals surface area contributed by atoms with E-state index in [2.05, 4.69) is 32.6 Å². The normalized spacial score (nSPS) is 12.3. The van der Waals surface area contributed by atoms with Crippen LogP contribution in [-0.2, 0) is 23.8 Å². The zero-order valence-corrected chi connectivity index (χ0v) is 39.7. The molecule has 0 fully saturated rings. The molecule has 0 rings (SSSR count). The molecule has 0 N–H and O–H groups in total. The summed E-state index contributed by atoms with van der Waals surface area (Å²) in [6.45, 7) is 20.0. The minimum Gasteiger partial charge on any atom is -0.468 e. The van der Waals surface area contributed by atoms with Crippen LogP contribution in [0.4, 0.5) is 0 Å². The molecule has 0 radical (unpaired) electrons. The predicted octanol–water partition coefficient (Wildman–Crippen LogP) is 15.6. The van der Waals surface area contributed by atoms with Crippen molar-refractivity contribution in [1.29, 1.82) is 0 Å². The average Bonchev–Trinajstić information content (AvgIpc) is 3.23. The summed E-state index contributed by atoms with van der Waals surface area (Å²) in [5, 5.41) is 0. The lowest BCUT2D eigenvalue weighted by Crippen LogP contribution is -2.27. The lowest BCUT2D eigenvalue weighted by molar-refractivity contribution is -0.149. The highest BCUT2D eigenvalue weighted by Gasteiger charge is 2.19. The Morgan fingerprint density at radius 2 is 0.825 bits per heavy atom. The highest BCUT2D eigenvalue weighted by Crippen LogP contribution is 2.22. The second kappa shape index (κ2) is 51.0. The average molecular weight is 810 g/mol. The molecule has 6 nitrogen and oxygen atoms in total. The second-order valence-electron chi connectivity index (χ2n) is 17.0. The van der Waals surface area contributed by atoms with Crippen molar-refractivity contribution in [3.8, 4) is 0 Å². The van der Waals surface area contributed by atoms with Gasteiger partial charge in [0.25, 0.3) is 6.47 Å². The summed E-state index contributed by atoms with van der Waals surface area (Å²) < 4.78 is 17.0. The first-order valence-corrected chi connectivity index (χ1v) is 25.6. The first-order chi connectivity index (χ1) is 28.1. The van der Waals surface area contributed by atoms with Crippen LogP contribution in [0.5, 0.6) is 0 Å². The summed E-state index contributed by atoms with van der Waals surface area (Å²) >= 11 is 0. The molecule has 0 aliphatic carbocycles. The van der Waals surface area contributed by atoms with Crippen LogP contribution in [0.3, 0.4) is 0 Å². The van der Waals surface area contributed by atoms with Crippen molar-refractivity contribution in [2.45, 2.75) is 260 Å². The molecule has 0 aromatic heterocycles. The quantitative estimate of drug-likeness (QED) is 0.0347. The van der Waals surface area contributed by atoms with Crippen molar-refractivity contribution in [3.05, 3.63) is 0 Å². The van der Waals surface area contributed by atoms with Crippen molar-refractivity contribution in [3.63, 3.8) is 0 Å². The van der Waals surface area contributed by atoms with Crippen LogP contribution in [0.2, 0.25) is 0 Å². The minimum atomic E-state index is 0.0619. The van der Waals surface area contributed by atoms with Crippen LogP contribution in [-0.4, -0.2) is 63.4 Å². The maximum Gasteiger partial charge on any atom is 0.308 e. The first kappa shape index (κ1) is 58.0. The van der Waals surface area contributed by atoms with E-state index in [1.54, 1.807) is 0 Å². The zero-order valence-electron chi connectivity index (χ0n) is 39.7. The van der Waals surface area contributed by atoms with Gasteiger partial charge in [0.2, 0.25) is 0 Å². The Kier molecular flexibility index (Phi) is 51.9. The standard InChI is InChI=1S/C49H97NO5.C2H6/c1-5-9-13-17-19-26-36-47(35-25-15-11-7-3)45-53-42-32-23-21-29-39-50(41-31-34-43-54-46-51)40-30-22-24-33-44-55-49(52)48(37-27-16-12-8-4)38-28-20-18-14-10-6-2;1-2/h46-48H,5-45H2,1-4H3;1-2H3. The van der Waals surface area contributed by atoms with Gasteiger partial charge < -0.3 is 19.1 Å². The van der Waals surface area contributed by atoms with Crippen molar-refractivity contribution in [1.82, 2.24) is 4.90 Å². The van der Waals surface area contributed by atoms with Gasteiger partial charge in [0.15, 0.2) is 0 Å². The Bertz CT molecular complexity index is 764. The van der Waals surface area contributed by atoms with Crippen LogP contribution in [0.25, 0.3) is 0 Å². The summed E-state index contributed by atoms with van der Waals surface area (Å²) in [6, 6.07) is 0. The van der Waals surface area contributed by atoms with Crippen LogP contribution >= 0.6 is 0 Å². The lowest BCUT2D eigenvalue weighted by Gasteiger charge is -2.22. The molecule has 57 heavy (non-hydrogen) atoms. The number of rotatable bonds is 47. The van der Waals surface area contributed by atoms with E-state index in [1.807, 2.05) is 13.8 Å². The van der Waals surface area contributed by atoms with Gasteiger partial charge in [-0.2, -0.15) is 0 Å². The third-order valence-electron chi connectivity index (χ3n) is 11.6. The number of carbonyl (C=O) groups excluding carboxylic acids is 2. The number of ether oxygens (including phenoxy) is 3. The number of nitrogens with zero attached hydrogens (tertiary/aromatic N) is 1. The van der Waals surface area contributed by atoms with Crippen molar-refractivity contribution in [2.75, 3.05) is 46.1 Å². The molecular weight excluding hydrogens is 707 g/mol. The van der Waals surface area contributed by atoms with E-state index in [0.717, 1.165) is 90.1 Å². The van der Waals surface area contributed by atoms with Crippen molar-refractivity contribution < 1.29 is 23.8 Å². The van der Waals surface area contributed by atoms with Gasteiger partial charge >= 0.3 is 5.97 Å². The molecule has 0 aromatic carbocycles. The molecule has 0 saturated carbocycles. The number of hydrogen-bond acceptors (Lipinski definition) is 6. The van der Waals surface area contributed by atoms with Gasteiger partial charge in [-0.15, -0.1) is 0 Å². The van der Waals surface area contributed by atoms with Gasteiger partial charge in [-0.25, -0.2) is 0 Å². The molecule has 0 saturated heterocycles. The Morgan fingerprint density at radius 3 is 1.32 bits per heavy atom. The molecule has 0 aromatic rings. The molecule has 2 unspecified atom stereocenters. The second-order valence-corrected chi connectivity index (χ2v) is 17.0. The Hall–Kier alpha value is -1.14. The molecule has 0 amide bonds. The van der Waals surface area contributed by atoms with Crippen LogP contribution < -0.4 is 0 Å². The smallest absolute Gasteiger partial charge is 0.308 e. The maximum absolute atomic E-state index is 13.0. The molecule has 0 aliphatic heterocycles. The summed E-state index contributed by atoms with van der Waals surface area (Å²) in [5.41, 5.74) is 0. The lowest BCUT2D eigenvalue weighted by atomic mass is 9.94. The monoisotopic (exact) mass is 810 g/mol. The van der Waals surface area contributed by atoms with E-state index in [9.17, 15) is 9.59 Å². The van der Waals surface area contributed by atoms with Gasteiger partial charge in [0.1, 0.15) is 0 Å². The Labute approximate surface area is 357 Å². The third-order valence-corrected chi connectivity index (χ3v) is 11.6. The maximum atomic E-state index is 13.0. The fourth-order valence-corrected chi connectivity index (χ4v) is 7.88. The first-order valence-electron chi connectivity index (χ1n) is 25.6. The van der Waals surface area contributed by atoms with Gasteiger partial charge in [0.05, 0.1) is 19.1 Å². The highest BCUT2D eigenvalue weighted by atomic mass is 16.5. The topological polar surface area (TPSA) is 65.1 Å². The molecule has 2 atom stereocenters. The van der Waals surface area contributed by atoms with Gasteiger partial charge in [-0.3, -0.25) is 9.59 Å². The van der Waals surface area contributed by atoms with Gasteiger partial charge in [-0.1, -0.05) is 196 Å². The van der Waals surface area contributed by atoms with Crippen LogP contribution in [0.1, 0.15) is 260 Å². The number of esters is 1. The van der Waals surface area contributed by atoms with Crippen LogP contribution in [0, 0.1) is 11.8 Å². The van der Waals surface area contributed by atoms with E-state index < -0.39 is 0 Å². The van der Waals surface area contributed by atoms with E-state index in [-0.39, 0.29) is 11.9 Å². The molecule has 0 aliphatic rings. The van der Waals surface area contributed by atoms with Crippen molar-refractivity contribution in [2.24, 2.45) is 11.8 Å². The Morgan fingerprint density at radius 1 is 0.456 bits per heavy atom. The van der Waals surface area contributed by atoms with E-state index in [0.29, 0.717) is 19.7 Å². The fourth-order valence-electron chi connectivity index (χ4n) is 7.88. The van der Waals surface area contributed by atoms with Gasteiger partial charge in [-0.05, 0) is 89.8 Å².